The molecule has 0 radical (unpaired) electrons. The molecule has 1 saturated carbocycles. The first-order valence-electron chi connectivity index (χ1n) is 6.96. The van der Waals surface area contributed by atoms with Gasteiger partial charge in [-0.25, -0.2) is 0 Å². The minimum absolute atomic E-state index is 0.794. The van der Waals surface area contributed by atoms with Crippen molar-refractivity contribution < 1.29 is 0 Å². The summed E-state index contributed by atoms with van der Waals surface area (Å²) in [7, 11) is 0. The maximum Gasteiger partial charge on any atom is 0.00171 e. The lowest BCUT2D eigenvalue weighted by Crippen LogP contribution is -2.31. The normalized spacial score (nSPS) is 29.5. The highest BCUT2D eigenvalue weighted by molar-refractivity contribution is 7.10. The van der Waals surface area contributed by atoms with Crippen LogP contribution >= 0.6 is 11.3 Å². The van der Waals surface area contributed by atoms with Gasteiger partial charge in [0.15, 0.2) is 0 Å². The molecule has 0 bridgehead atoms. The number of hydrogen-bond donors (Lipinski definition) is 1. The molecule has 0 aromatic carbocycles. The Morgan fingerprint density at radius 1 is 1.41 bits per heavy atom. The van der Waals surface area contributed by atoms with Crippen LogP contribution in [0, 0.1) is 18.8 Å². The van der Waals surface area contributed by atoms with Crippen LogP contribution in [0.5, 0.6) is 0 Å². The Balaban J connectivity index is 2.08. The van der Waals surface area contributed by atoms with Crippen LogP contribution in [0.1, 0.15) is 49.5 Å². The molecule has 3 atom stereocenters. The first kappa shape index (κ1) is 13.1. The van der Waals surface area contributed by atoms with Crippen LogP contribution in [0.15, 0.2) is 11.4 Å². The second kappa shape index (κ2) is 6.01. The third-order valence-electron chi connectivity index (χ3n) is 4.09. The second-order valence-corrected chi connectivity index (χ2v) is 6.70. The lowest BCUT2D eigenvalue weighted by molar-refractivity contribution is 0.243. The van der Waals surface area contributed by atoms with Crippen LogP contribution in [0.3, 0.4) is 0 Å². The van der Waals surface area contributed by atoms with Gasteiger partial charge in [0.05, 0.1) is 0 Å². The van der Waals surface area contributed by atoms with Crippen LogP contribution < -0.4 is 5.32 Å². The van der Waals surface area contributed by atoms with E-state index in [2.05, 4.69) is 37.5 Å². The molecule has 1 aromatic heterocycles. The standard InChI is InChI=1S/C15H25NS/c1-4-16-9-13-6-5-11(2)7-15(13)14-8-12(3)17-10-14/h8,10-11,13,15-16H,4-7,9H2,1-3H3. The summed E-state index contributed by atoms with van der Waals surface area (Å²) in [6.07, 6.45) is 4.19. The van der Waals surface area contributed by atoms with Gasteiger partial charge in [-0.2, -0.15) is 0 Å². The van der Waals surface area contributed by atoms with E-state index in [1.54, 1.807) is 5.56 Å². The maximum absolute atomic E-state index is 3.54. The molecular formula is C15H25NS. The lowest BCUT2D eigenvalue weighted by atomic mass is 9.72. The Labute approximate surface area is 110 Å². The second-order valence-electron chi connectivity index (χ2n) is 5.58. The number of thiophene rings is 1. The topological polar surface area (TPSA) is 12.0 Å². The summed E-state index contributed by atoms with van der Waals surface area (Å²) in [6, 6.07) is 2.41. The highest BCUT2D eigenvalue weighted by Gasteiger charge is 2.29. The fourth-order valence-corrected chi connectivity index (χ4v) is 3.85. The van der Waals surface area contributed by atoms with E-state index in [1.807, 2.05) is 11.3 Å². The van der Waals surface area contributed by atoms with Crippen molar-refractivity contribution >= 4 is 11.3 Å². The highest BCUT2D eigenvalue weighted by atomic mass is 32.1. The summed E-state index contributed by atoms with van der Waals surface area (Å²) in [6.45, 7) is 9.13. The van der Waals surface area contributed by atoms with Crippen LogP contribution in [0.4, 0.5) is 0 Å². The van der Waals surface area contributed by atoms with Crippen molar-refractivity contribution in [3.63, 3.8) is 0 Å². The zero-order valence-electron chi connectivity index (χ0n) is 11.3. The molecule has 1 nitrogen and oxygen atoms in total. The van der Waals surface area contributed by atoms with Crippen molar-refractivity contribution in [2.75, 3.05) is 13.1 Å². The summed E-state index contributed by atoms with van der Waals surface area (Å²) < 4.78 is 0. The van der Waals surface area contributed by atoms with Crippen LogP contribution in [0.2, 0.25) is 0 Å². The summed E-state index contributed by atoms with van der Waals surface area (Å²) >= 11 is 1.90. The fraction of sp³-hybridized carbons (Fsp3) is 0.733. The van der Waals surface area contributed by atoms with Gasteiger partial charge < -0.3 is 5.32 Å². The summed E-state index contributed by atoms with van der Waals surface area (Å²) in [5.41, 5.74) is 1.60. The van der Waals surface area contributed by atoms with Gasteiger partial charge in [-0.15, -0.1) is 11.3 Å². The zero-order valence-corrected chi connectivity index (χ0v) is 12.1. The smallest absolute Gasteiger partial charge is 0.00171 e. The van der Waals surface area contributed by atoms with Gasteiger partial charge in [-0.3, -0.25) is 0 Å². The highest BCUT2D eigenvalue weighted by Crippen LogP contribution is 2.41. The minimum Gasteiger partial charge on any atom is -0.317 e. The SMILES string of the molecule is CCNCC1CCC(C)CC1c1csc(C)c1. The van der Waals surface area contributed by atoms with Crippen molar-refractivity contribution in [3.8, 4) is 0 Å². The average molecular weight is 251 g/mol. The Bertz CT molecular complexity index is 342. The van der Waals surface area contributed by atoms with Crippen molar-refractivity contribution in [2.24, 2.45) is 11.8 Å². The van der Waals surface area contributed by atoms with Gasteiger partial charge in [0.25, 0.3) is 0 Å². The Morgan fingerprint density at radius 2 is 2.24 bits per heavy atom. The molecule has 3 unspecified atom stereocenters. The molecule has 96 valence electrons. The third kappa shape index (κ3) is 3.32. The van der Waals surface area contributed by atoms with E-state index in [0.29, 0.717) is 0 Å². The van der Waals surface area contributed by atoms with E-state index in [0.717, 1.165) is 24.3 Å². The summed E-state index contributed by atoms with van der Waals surface area (Å²) in [5.74, 6) is 2.54. The van der Waals surface area contributed by atoms with E-state index in [-0.39, 0.29) is 0 Å². The molecule has 0 saturated heterocycles. The zero-order chi connectivity index (χ0) is 12.3. The van der Waals surface area contributed by atoms with Gasteiger partial charge in [-0.1, -0.05) is 20.3 Å². The quantitative estimate of drug-likeness (QED) is 0.846. The number of hydrogen-bond acceptors (Lipinski definition) is 2. The van der Waals surface area contributed by atoms with Crippen molar-refractivity contribution in [1.29, 1.82) is 0 Å². The Morgan fingerprint density at radius 3 is 2.88 bits per heavy atom. The van der Waals surface area contributed by atoms with E-state index >= 15 is 0 Å². The number of nitrogens with one attached hydrogen (secondary N) is 1. The van der Waals surface area contributed by atoms with Gasteiger partial charge >= 0.3 is 0 Å². The number of aryl methyl sites for hydroxylation is 1. The predicted molar refractivity (Wildman–Crippen MR) is 76.8 cm³/mol. The molecule has 1 heterocycles. The molecule has 0 amide bonds. The molecule has 1 fully saturated rings. The molecule has 17 heavy (non-hydrogen) atoms. The molecule has 1 aliphatic carbocycles. The molecule has 1 aromatic rings. The summed E-state index contributed by atoms with van der Waals surface area (Å²) in [4.78, 5) is 1.46. The van der Waals surface area contributed by atoms with Gasteiger partial charge in [-0.05, 0) is 67.6 Å². The Hall–Kier alpha value is -0.340. The molecule has 0 spiro atoms. The average Bonchev–Trinajstić information content (AvgIpc) is 2.74. The van der Waals surface area contributed by atoms with E-state index < -0.39 is 0 Å². The molecule has 0 aliphatic heterocycles. The molecule has 1 aliphatic rings. The minimum atomic E-state index is 0.794. The monoisotopic (exact) mass is 251 g/mol. The largest absolute Gasteiger partial charge is 0.317 e. The van der Waals surface area contributed by atoms with Crippen molar-refractivity contribution in [1.82, 2.24) is 5.32 Å². The first-order chi connectivity index (χ1) is 8.20. The number of rotatable bonds is 4. The first-order valence-corrected chi connectivity index (χ1v) is 7.84. The van der Waals surface area contributed by atoms with Crippen LogP contribution in [0.25, 0.3) is 0 Å². The van der Waals surface area contributed by atoms with Gasteiger partial charge in [0.1, 0.15) is 0 Å². The molecule has 2 heteroatoms. The van der Waals surface area contributed by atoms with Crippen LogP contribution in [-0.2, 0) is 0 Å². The predicted octanol–water partition coefficient (Wildman–Crippen LogP) is 4.19. The maximum atomic E-state index is 3.54. The van der Waals surface area contributed by atoms with E-state index in [4.69, 9.17) is 0 Å². The Kier molecular flexibility index (Phi) is 4.63. The molecule has 1 N–H and O–H groups in total. The van der Waals surface area contributed by atoms with Gasteiger partial charge in [0, 0.05) is 4.88 Å². The van der Waals surface area contributed by atoms with Gasteiger partial charge in [0.2, 0.25) is 0 Å². The fourth-order valence-electron chi connectivity index (χ4n) is 3.08. The molecular weight excluding hydrogens is 226 g/mol. The van der Waals surface area contributed by atoms with Crippen molar-refractivity contribution in [2.45, 2.75) is 46.0 Å². The van der Waals surface area contributed by atoms with E-state index in [9.17, 15) is 0 Å². The van der Waals surface area contributed by atoms with Crippen LogP contribution in [-0.4, -0.2) is 13.1 Å². The third-order valence-corrected chi connectivity index (χ3v) is 4.97. The summed E-state index contributed by atoms with van der Waals surface area (Å²) in [5, 5.41) is 5.93. The lowest BCUT2D eigenvalue weighted by Gasteiger charge is -2.35. The molecule has 2 rings (SSSR count). The van der Waals surface area contributed by atoms with E-state index in [1.165, 1.54) is 30.7 Å². The van der Waals surface area contributed by atoms with Crippen molar-refractivity contribution in [3.05, 3.63) is 21.9 Å².